The standard InChI is InChI=1S/C28H31N7/c1-19(2)11-14-35-27-20(3)34(16-21-10-12-31-25-9-5-4-8-23(21)25)18-32-26(27)24(15-29)28(35)33-13-6-7-22(30)17-33/h4-5,8-12,18,22H,3,6-7,13-14,16-17,30H2,1-2H3. The van der Waals surface area contributed by atoms with E-state index < -0.39 is 0 Å². The van der Waals surface area contributed by atoms with Crippen LogP contribution in [0.25, 0.3) is 16.6 Å². The second-order valence-corrected chi connectivity index (χ2v) is 9.55. The third-order valence-corrected chi connectivity index (χ3v) is 6.79. The third-order valence-electron chi connectivity index (χ3n) is 6.79. The van der Waals surface area contributed by atoms with Gasteiger partial charge in [0.05, 0.1) is 23.2 Å². The number of fused-ring (bicyclic) bond motifs is 2. The van der Waals surface area contributed by atoms with Gasteiger partial charge in [-0.1, -0.05) is 36.4 Å². The smallest absolute Gasteiger partial charge is 0.130 e. The minimum absolute atomic E-state index is 0.0993. The molecule has 2 N–H and O–H groups in total. The molecule has 2 aromatic heterocycles. The number of nitrogens with two attached hydrogens (primary N) is 1. The van der Waals surface area contributed by atoms with Gasteiger partial charge in [-0.2, -0.15) is 5.26 Å². The van der Waals surface area contributed by atoms with Gasteiger partial charge in [0.1, 0.15) is 23.1 Å². The van der Waals surface area contributed by atoms with Crippen molar-refractivity contribution >= 4 is 34.4 Å². The van der Waals surface area contributed by atoms with Crippen LogP contribution in [-0.4, -0.2) is 39.9 Å². The highest BCUT2D eigenvalue weighted by Crippen LogP contribution is 2.43. The Hall–Kier alpha value is -3.89. The van der Waals surface area contributed by atoms with Gasteiger partial charge in [-0.05, 0) is 44.4 Å². The molecule has 0 bridgehead atoms. The molecule has 4 heterocycles. The zero-order valence-corrected chi connectivity index (χ0v) is 20.4. The number of hydrogen-bond acceptors (Lipinski definition) is 6. The molecule has 1 unspecified atom stereocenters. The summed E-state index contributed by atoms with van der Waals surface area (Å²) in [5.74, 6) is 0.902. The summed E-state index contributed by atoms with van der Waals surface area (Å²) in [6, 6.07) is 12.7. The summed E-state index contributed by atoms with van der Waals surface area (Å²) in [4.78, 5) is 13.6. The summed E-state index contributed by atoms with van der Waals surface area (Å²) < 4.78 is 2.20. The Labute approximate surface area is 206 Å². The average molecular weight is 466 g/mol. The number of benzene rings is 1. The van der Waals surface area contributed by atoms with E-state index in [1.165, 1.54) is 5.57 Å². The van der Waals surface area contributed by atoms with Crippen molar-refractivity contribution in [3.63, 3.8) is 0 Å². The third kappa shape index (κ3) is 4.22. The number of para-hydroxylation sites is 1. The Balaban J connectivity index is 1.58. The van der Waals surface area contributed by atoms with Crippen LogP contribution in [0.5, 0.6) is 0 Å². The molecule has 1 saturated heterocycles. The van der Waals surface area contributed by atoms with Gasteiger partial charge in [-0.3, -0.25) is 4.98 Å². The van der Waals surface area contributed by atoms with Gasteiger partial charge in [-0.15, -0.1) is 0 Å². The second-order valence-electron chi connectivity index (χ2n) is 9.55. The summed E-state index contributed by atoms with van der Waals surface area (Å²) in [6.07, 6.45) is 7.84. The largest absolute Gasteiger partial charge is 0.355 e. The van der Waals surface area contributed by atoms with Gasteiger partial charge in [0, 0.05) is 43.8 Å². The monoisotopic (exact) mass is 465 g/mol. The minimum atomic E-state index is 0.0993. The predicted octanol–water partition coefficient (Wildman–Crippen LogP) is 4.95. The van der Waals surface area contributed by atoms with E-state index in [0.717, 1.165) is 59.6 Å². The van der Waals surface area contributed by atoms with E-state index in [0.29, 0.717) is 24.3 Å². The molecule has 35 heavy (non-hydrogen) atoms. The molecule has 0 spiro atoms. The minimum Gasteiger partial charge on any atom is -0.355 e. The van der Waals surface area contributed by atoms with Crippen LogP contribution in [0.3, 0.4) is 0 Å². The Morgan fingerprint density at radius 1 is 1.29 bits per heavy atom. The van der Waals surface area contributed by atoms with E-state index in [9.17, 15) is 5.26 Å². The molecule has 0 aliphatic carbocycles. The first kappa shape index (κ1) is 22.9. The number of allylic oxidation sites excluding steroid dienone is 2. The van der Waals surface area contributed by atoms with Gasteiger partial charge in [0.15, 0.2) is 0 Å². The number of hydrogen-bond donors (Lipinski definition) is 1. The first-order chi connectivity index (χ1) is 17.0. The average Bonchev–Trinajstić information content (AvgIpc) is 3.18. The van der Waals surface area contributed by atoms with Crippen molar-refractivity contribution in [3.05, 3.63) is 71.6 Å². The highest BCUT2D eigenvalue weighted by Gasteiger charge is 2.32. The number of piperidine rings is 1. The molecule has 7 heteroatoms. The lowest BCUT2D eigenvalue weighted by Gasteiger charge is -2.34. The van der Waals surface area contributed by atoms with Crippen molar-refractivity contribution in [1.82, 2.24) is 14.5 Å². The van der Waals surface area contributed by atoms with E-state index >= 15 is 0 Å². The molecule has 2 aliphatic rings. The summed E-state index contributed by atoms with van der Waals surface area (Å²) in [5, 5.41) is 11.3. The normalized spacial score (nSPS) is 17.4. The lowest BCUT2D eigenvalue weighted by Crippen LogP contribution is -2.44. The van der Waals surface area contributed by atoms with Crippen LogP contribution < -0.4 is 10.6 Å². The van der Waals surface area contributed by atoms with Crippen LogP contribution in [-0.2, 0) is 13.1 Å². The summed E-state index contributed by atoms with van der Waals surface area (Å²) in [5.41, 5.74) is 12.7. The molecule has 0 radical (unpaired) electrons. The lowest BCUT2D eigenvalue weighted by molar-refractivity contribution is 0.497. The molecule has 0 amide bonds. The summed E-state index contributed by atoms with van der Waals surface area (Å²) >= 11 is 0. The van der Waals surface area contributed by atoms with Crippen LogP contribution in [0.2, 0.25) is 0 Å². The maximum absolute atomic E-state index is 10.2. The Morgan fingerprint density at radius 2 is 2.11 bits per heavy atom. The number of aromatic nitrogens is 2. The van der Waals surface area contributed by atoms with E-state index in [4.69, 9.17) is 10.7 Å². The molecule has 5 rings (SSSR count). The molecule has 1 atom stereocenters. The van der Waals surface area contributed by atoms with Crippen molar-refractivity contribution in [2.75, 3.05) is 18.0 Å². The van der Waals surface area contributed by atoms with E-state index in [-0.39, 0.29) is 6.04 Å². The van der Waals surface area contributed by atoms with Crippen LogP contribution in [0.1, 0.15) is 43.5 Å². The highest BCUT2D eigenvalue weighted by atomic mass is 15.3. The van der Waals surface area contributed by atoms with Crippen LogP contribution in [0, 0.1) is 11.3 Å². The quantitative estimate of drug-likeness (QED) is 0.539. The van der Waals surface area contributed by atoms with Crippen LogP contribution >= 0.6 is 0 Å². The number of nitrogens with zero attached hydrogens (tertiary/aromatic N) is 6. The molecule has 0 saturated carbocycles. The number of aliphatic imine (C=N–C) groups is 1. The zero-order chi connectivity index (χ0) is 24.5. The number of anilines is 1. The van der Waals surface area contributed by atoms with E-state index in [1.807, 2.05) is 30.5 Å². The second kappa shape index (κ2) is 9.40. The topological polar surface area (TPSA) is 86.5 Å². The van der Waals surface area contributed by atoms with Gasteiger partial charge in [0.2, 0.25) is 0 Å². The van der Waals surface area contributed by atoms with Crippen molar-refractivity contribution < 1.29 is 0 Å². The Bertz CT molecular complexity index is 1380. The van der Waals surface area contributed by atoms with Crippen molar-refractivity contribution in [1.29, 1.82) is 5.26 Å². The van der Waals surface area contributed by atoms with Crippen LogP contribution in [0.4, 0.5) is 11.5 Å². The predicted molar refractivity (Wildman–Crippen MR) is 142 cm³/mol. The molecular weight excluding hydrogens is 434 g/mol. The van der Waals surface area contributed by atoms with Crippen molar-refractivity contribution in [3.8, 4) is 6.07 Å². The molecule has 3 aromatic rings. The summed E-state index contributed by atoms with van der Waals surface area (Å²) in [6.45, 7) is 11.5. The van der Waals surface area contributed by atoms with E-state index in [2.05, 4.69) is 58.0 Å². The fourth-order valence-corrected chi connectivity index (χ4v) is 5.04. The van der Waals surface area contributed by atoms with Gasteiger partial charge >= 0.3 is 0 Å². The number of pyridine rings is 1. The maximum atomic E-state index is 10.2. The maximum Gasteiger partial charge on any atom is 0.130 e. The first-order valence-electron chi connectivity index (χ1n) is 12.1. The molecule has 2 aliphatic heterocycles. The molecule has 178 valence electrons. The van der Waals surface area contributed by atoms with Gasteiger partial charge in [-0.25, -0.2) is 4.99 Å². The molecule has 1 fully saturated rings. The number of rotatable bonds is 5. The van der Waals surface area contributed by atoms with Crippen molar-refractivity contribution in [2.45, 2.75) is 45.8 Å². The Morgan fingerprint density at radius 3 is 2.89 bits per heavy atom. The van der Waals surface area contributed by atoms with Crippen molar-refractivity contribution in [2.24, 2.45) is 10.7 Å². The Kier molecular flexibility index (Phi) is 6.14. The fraction of sp³-hybridized carbons (Fsp3) is 0.321. The summed E-state index contributed by atoms with van der Waals surface area (Å²) in [7, 11) is 0. The molecule has 1 aromatic carbocycles. The molecular formula is C28H31N7. The number of nitriles is 1. The van der Waals surface area contributed by atoms with E-state index in [1.54, 1.807) is 6.34 Å². The van der Waals surface area contributed by atoms with Crippen LogP contribution in [0.15, 0.2) is 59.7 Å². The lowest BCUT2D eigenvalue weighted by atomic mass is 10.1. The fourth-order valence-electron chi connectivity index (χ4n) is 5.04. The SMILES string of the molecule is C=C1c2c(c(C#N)c(N3CCCC(N)C3)n2CC=C(C)C)N=CN1Cc1ccnc2ccccc12. The molecule has 7 nitrogen and oxygen atoms in total. The first-order valence-corrected chi connectivity index (χ1v) is 12.1. The van der Waals surface area contributed by atoms with Gasteiger partial charge < -0.3 is 20.1 Å². The highest BCUT2D eigenvalue weighted by molar-refractivity contribution is 5.92. The zero-order valence-electron chi connectivity index (χ0n) is 20.4. The van der Waals surface area contributed by atoms with Gasteiger partial charge in [0.25, 0.3) is 0 Å².